The smallest absolute Gasteiger partial charge is 0.293 e. The molecule has 1 aliphatic rings. The van der Waals surface area contributed by atoms with Gasteiger partial charge in [-0.05, 0) is 67.1 Å². The number of anilines is 1. The van der Waals surface area contributed by atoms with Gasteiger partial charge in [-0.2, -0.15) is 0 Å². The summed E-state index contributed by atoms with van der Waals surface area (Å²) >= 11 is 1.34. The van der Waals surface area contributed by atoms with E-state index in [1.165, 1.54) is 59.6 Å². The van der Waals surface area contributed by atoms with E-state index in [0.29, 0.717) is 5.13 Å². The van der Waals surface area contributed by atoms with Crippen LogP contribution in [0.3, 0.4) is 0 Å². The van der Waals surface area contributed by atoms with Crippen LogP contribution >= 0.6 is 11.3 Å². The van der Waals surface area contributed by atoms with Gasteiger partial charge in [0.1, 0.15) is 11.5 Å². The Bertz CT molecular complexity index is 1410. The first kappa shape index (κ1) is 21.6. The number of carbonyl (C=O) groups is 1. The summed E-state index contributed by atoms with van der Waals surface area (Å²) in [4.78, 5) is 17.4. The minimum atomic E-state index is -3.55. The van der Waals surface area contributed by atoms with Crippen LogP contribution < -0.4 is 5.32 Å². The quantitative estimate of drug-likeness (QED) is 0.395. The number of amides is 1. The third kappa shape index (κ3) is 4.77. The molecule has 8 heteroatoms. The molecule has 5 rings (SSSR count). The fourth-order valence-electron chi connectivity index (χ4n) is 3.99. The average molecular weight is 479 g/mol. The van der Waals surface area contributed by atoms with Crippen LogP contribution in [0.5, 0.6) is 0 Å². The predicted octanol–water partition coefficient (Wildman–Crippen LogP) is 5.51. The molecule has 0 radical (unpaired) electrons. The van der Waals surface area contributed by atoms with Gasteiger partial charge in [0.2, 0.25) is 0 Å². The molecule has 1 N–H and O–H groups in total. The summed E-state index contributed by atoms with van der Waals surface area (Å²) in [5.41, 5.74) is 4.65. The van der Waals surface area contributed by atoms with Crippen LogP contribution in [0.25, 0.3) is 11.3 Å². The van der Waals surface area contributed by atoms with Crippen LogP contribution in [0.2, 0.25) is 0 Å². The lowest BCUT2D eigenvalue weighted by molar-refractivity contribution is 0.0995. The zero-order valence-corrected chi connectivity index (χ0v) is 19.4. The third-order valence-electron chi connectivity index (χ3n) is 5.69. The molecule has 2 aromatic heterocycles. The van der Waals surface area contributed by atoms with E-state index in [1.807, 2.05) is 5.38 Å². The van der Waals surface area contributed by atoms with Gasteiger partial charge in [0, 0.05) is 10.9 Å². The molecule has 2 aromatic carbocycles. The molecule has 1 aliphatic carbocycles. The SMILES string of the molecule is O=C(Nc1nc(-c2ccc3c(c2)CCCC3)cs1)c1ccc(CS(=O)(=O)c2ccccc2)o1. The number of carbonyl (C=O) groups excluding carboxylic acids is 1. The van der Waals surface area contributed by atoms with Gasteiger partial charge in [0.05, 0.1) is 10.6 Å². The molecule has 4 aromatic rings. The van der Waals surface area contributed by atoms with Crippen molar-refractivity contribution < 1.29 is 17.6 Å². The Morgan fingerprint density at radius 2 is 1.79 bits per heavy atom. The number of hydrogen-bond donors (Lipinski definition) is 1. The summed E-state index contributed by atoms with van der Waals surface area (Å²) in [5, 5.41) is 5.12. The van der Waals surface area contributed by atoms with Crippen molar-refractivity contribution in [3.05, 3.63) is 88.7 Å². The molecule has 0 bridgehead atoms. The zero-order valence-electron chi connectivity index (χ0n) is 17.8. The first-order valence-corrected chi connectivity index (χ1v) is 13.3. The Morgan fingerprint density at radius 1 is 1.00 bits per heavy atom. The lowest BCUT2D eigenvalue weighted by Gasteiger charge is -2.16. The minimum absolute atomic E-state index is 0.0405. The molecule has 0 spiro atoms. The second-order valence-electron chi connectivity index (χ2n) is 8.02. The summed E-state index contributed by atoms with van der Waals surface area (Å²) in [7, 11) is -3.55. The van der Waals surface area contributed by atoms with E-state index in [4.69, 9.17) is 4.42 Å². The van der Waals surface area contributed by atoms with Crippen LogP contribution in [0.15, 0.2) is 75.4 Å². The first-order valence-electron chi connectivity index (χ1n) is 10.7. The van der Waals surface area contributed by atoms with Gasteiger partial charge in [-0.3, -0.25) is 10.1 Å². The number of aryl methyl sites for hydroxylation is 2. The molecule has 0 saturated heterocycles. The summed E-state index contributed by atoms with van der Waals surface area (Å²) in [6.45, 7) is 0. The van der Waals surface area contributed by atoms with Crippen LogP contribution in [-0.4, -0.2) is 19.3 Å². The van der Waals surface area contributed by atoms with Crippen molar-refractivity contribution in [1.29, 1.82) is 0 Å². The fourth-order valence-corrected chi connectivity index (χ4v) is 5.97. The highest BCUT2D eigenvalue weighted by Crippen LogP contribution is 2.30. The largest absolute Gasteiger partial charge is 0.455 e. The third-order valence-corrected chi connectivity index (χ3v) is 8.10. The van der Waals surface area contributed by atoms with Crippen molar-refractivity contribution in [1.82, 2.24) is 4.98 Å². The summed E-state index contributed by atoms with van der Waals surface area (Å²) in [6, 6.07) is 17.6. The minimum Gasteiger partial charge on any atom is -0.455 e. The van der Waals surface area contributed by atoms with Crippen molar-refractivity contribution in [2.75, 3.05) is 5.32 Å². The summed E-state index contributed by atoms with van der Waals surface area (Å²) in [5.74, 6) is -0.536. The molecule has 0 fully saturated rings. The number of hydrogen-bond acceptors (Lipinski definition) is 6. The van der Waals surface area contributed by atoms with Gasteiger partial charge in [0.25, 0.3) is 5.91 Å². The number of benzene rings is 2. The maximum absolute atomic E-state index is 12.6. The predicted molar refractivity (Wildman–Crippen MR) is 128 cm³/mol. The molecule has 168 valence electrons. The van der Waals surface area contributed by atoms with Crippen molar-refractivity contribution >= 4 is 32.2 Å². The molecule has 2 heterocycles. The van der Waals surface area contributed by atoms with Crippen molar-refractivity contribution in [3.8, 4) is 11.3 Å². The van der Waals surface area contributed by atoms with E-state index in [-0.39, 0.29) is 22.2 Å². The van der Waals surface area contributed by atoms with E-state index in [0.717, 1.165) is 24.1 Å². The molecule has 1 amide bonds. The lowest BCUT2D eigenvalue weighted by Crippen LogP contribution is -2.10. The molecule has 33 heavy (non-hydrogen) atoms. The van der Waals surface area contributed by atoms with E-state index < -0.39 is 15.7 Å². The Morgan fingerprint density at radius 3 is 2.61 bits per heavy atom. The van der Waals surface area contributed by atoms with Crippen LogP contribution in [0, 0.1) is 0 Å². The highest BCUT2D eigenvalue weighted by molar-refractivity contribution is 7.90. The first-order chi connectivity index (χ1) is 16.0. The van der Waals surface area contributed by atoms with Gasteiger partial charge in [0.15, 0.2) is 20.7 Å². The highest BCUT2D eigenvalue weighted by atomic mass is 32.2. The van der Waals surface area contributed by atoms with Gasteiger partial charge >= 0.3 is 0 Å². The number of nitrogens with one attached hydrogen (secondary N) is 1. The topological polar surface area (TPSA) is 89.3 Å². The molecular formula is C25H22N2O4S2. The second-order valence-corrected chi connectivity index (χ2v) is 10.9. The van der Waals surface area contributed by atoms with Crippen LogP contribution in [0.1, 0.15) is 40.3 Å². The standard InChI is InChI=1S/C25H22N2O4S2/c28-24(23-13-12-20(31-23)16-33(29,30)21-8-2-1-3-9-21)27-25-26-22(15-32-25)19-11-10-17-6-4-5-7-18(17)14-19/h1-3,8-15H,4-7,16H2,(H,26,27,28). The Kier molecular flexibility index (Phi) is 5.86. The molecule has 0 aliphatic heterocycles. The number of thiazole rings is 1. The van der Waals surface area contributed by atoms with E-state index in [1.54, 1.807) is 18.2 Å². The molecule has 0 saturated carbocycles. The van der Waals surface area contributed by atoms with Crippen LogP contribution in [0.4, 0.5) is 5.13 Å². The molecule has 0 atom stereocenters. The normalized spacial score (nSPS) is 13.5. The highest BCUT2D eigenvalue weighted by Gasteiger charge is 2.20. The number of fused-ring (bicyclic) bond motifs is 1. The van der Waals surface area contributed by atoms with Gasteiger partial charge < -0.3 is 4.42 Å². The molecule has 0 unspecified atom stereocenters. The maximum atomic E-state index is 12.6. The average Bonchev–Trinajstić information content (AvgIpc) is 3.49. The zero-order chi connectivity index (χ0) is 22.8. The molecule has 6 nitrogen and oxygen atoms in total. The van der Waals surface area contributed by atoms with Crippen molar-refractivity contribution in [2.24, 2.45) is 0 Å². The lowest BCUT2D eigenvalue weighted by atomic mass is 9.90. The maximum Gasteiger partial charge on any atom is 0.293 e. The Labute approximate surface area is 196 Å². The number of aromatic nitrogens is 1. The monoisotopic (exact) mass is 478 g/mol. The number of rotatable bonds is 6. The Hall–Kier alpha value is -3.23. The summed E-state index contributed by atoms with van der Waals surface area (Å²) < 4.78 is 30.6. The van der Waals surface area contributed by atoms with Gasteiger partial charge in [-0.1, -0.05) is 30.3 Å². The van der Waals surface area contributed by atoms with Crippen LogP contribution in [-0.2, 0) is 28.4 Å². The van der Waals surface area contributed by atoms with Crippen molar-refractivity contribution in [3.63, 3.8) is 0 Å². The molecular weight excluding hydrogens is 456 g/mol. The fraction of sp³-hybridized carbons (Fsp3) is 0.200. The number of furan rings is 1. The summed E-state index contributed by atoms with van der Waals surface area (Å²) in [6.07, 6.45) is 4.68. The number of sulfone groups is 1. The Balaban J connectivity index is 1.27. The van der Waals surface area contributed by atoms with Crippen molar-refractivity contribution in [2.45, 2.75) is 36.3 Å². The number of nitrogens with zero attached hydrogens (tertiary/aromatic N) is 1. The second kappa shape index (κ2) is 8.96. The van der Waals surface area contributed by atoms with E-state index >= 15 is 0 Å². The van der Waals surface area contributed by atoms with Gasteiger partial charge in [-0.25, -0.2) is 13.4 Å². The van der Waals surface area contributed by atoms with Gasteiger partial charge in [-0.15, -0.1) is 11.3 Å². The van der Waals surface area contributed by atoms with E-state index in [2.05, 4.69) is 28.5 Å². The van der Waals surface area contributed by atoms with E-state index in [9.17, 15) is 13.2 Å².